The van der Waals surface area contributed by atoms with Crippen molar-refractivity contribution in [1.82, 2.24) is 0 Å². The number of sulfone groups is 1. The number of carbonyl (C=O) groups is 1. The van der Waals surface area contributed by atoms with E-state index in [0.29, 0.717) is 18.5 Å². The number of nitrogens with one attached hydrogen (secondary N) is 1. The van der Waals surface area contributed by atoms with Crippen LogP contribution in [0.1, 0.15) is 12.0 Å². The molecule has 1 atom stereocenters. The van der Waals surface area contributed by atoms with Crippen LogP contribution in [0.4, 0.5) is 5.69 Å². The number of hydrogen-bond acceptors (Lipinski definition) is 4. The smallest absolute Gasteiger partial charge is 0.242 e. The molecular weight excluding hydrogens is 252 g/mol. The lowest BCUT2D eigenvalue weighted by Crippen LogP contribution is -2.37. The lowest BCUT2D eigenvalue weighted by molar-refractivity contribution is -0.115. The second kappa shape index (κ2) is 5.07. The van der Waals surface area contributed by atoms with Gasteiger partial charge in [0.2, 0.25) is 5.91 Å². The van der Waals surface area contributed by atoms with E-state index in [4.69, 9.17) is 5.73 Å². The Morgan fingerprint density at radius 3 is 2.78 bits per heavy atom. The van der Waals surface area contributed by atoms with E-state index in [0.717, 1.165) is 5.56 Å². The van der Waals surface area contributed by atoms with Crippen LogP contribution in [0.5, 0.6) is 0 Å². The topological polar surface area (TPSA) is 89.3 Å². The summed E-state index contributed by atoms with van der Waals surface area (Å²) in [6, 6.07) is 7.37. The number of para-hydroxylation sites is 1. The second-order valence-electron chi connectivity index (χ2n) is 4.33. The van der Waals surface area contributed by atoms with E-state index in [1.165, 1.54) is 0 Å². The predicted octanol–water partition coefficient (Wildman–Crippen LogP) is 0.313. The fourth-order valence-corrected chi connectivity index (χ4v) is 3.62. The Labute approximate surface area is 106 Å². The zero-order valence-corrected chi connectivity index (χ0v) is 10.7. The average Bonchev–Trinajstić information content (AvgIpc) is 2.47. The van der Waals surface area contributed by atoms with Crippen LogP contribution in [0.2, 0.25) is 0 Å². The number of nitrogens with two attached hydrogens (primary N) is 1. The number of benzene rings is 1. The molecule has 1 aromatic carbocycles. The summed E-state index contributed by atoms with van der Waals surface area (Å²) >= 11 is 0. The second-order valence-corrected chi connectivity index (χ2v) is 6.63. The van der Waals surface area contributed by atoms with Gasteiger partial charge in [0, 0.05) is 12.2 Å². The number of amides is 1. The third-order valence-corrected chi connectivity index (χ3v) is 5.20. The first-order valence-electron chi connectivity index (χ1n) is 5.85. The summed E-state index contributed by atoms with van der Waals surface area (Å²) in [5, 5.41) is 1.69. The Kier molecular flexibility index (Phi) is 3.68. The molecule has 0 spiro atoms. The van der Waals surface area contributed by atoms with Crippen molar-refractivity contribution in [2.45, 2.75) is 18.1 Å². The van der Waals surface area contributed by atoms with Gasteiger partial charge in [-0.05, 0) is 24.5 Å². The van der Waals surface area contributed by atoms with E-state index in [9.17, 15) is 13.2 Å². The predicted molar refractivity (Wildman–Crippen MR) is 70.0 cm³/mol. The summed E-state index contributed by atoms with van der Waals surface area (Å²) in [7, 11) is -3.46. The molecule has 1 aliphatic rings. The minimum atomic E-state index is -3.46. The molecule has 2 rings (SSSR count). The van der Waals surface area contributed by atoms with Gasteiger partial charge in [-0.1, -0.05) is 18.2 Å². The van der Waals surface area contributed by atoms with Crippen molar-refractivity contribution in [3.05, 3.63) is 29.8 Å². The van der Waals surface area contributed by atoms with E-state index >= 15 is 0 Å². The molecule has 0 saturated carbocycles. The molecule has 1 unspecified atom stereocenters. The number of hydrogen-bond donors (Lipinski definition) is 2. The van der Waals surface area contributed by atoms with Gasteiger partial charge in [-0.3, -0.25) is 4.79 Å². The van der Waals surface area contributed by atoms with Gasteiger partial charge in [-0.15, -0.1) is 0 Å². The Morgan fingerprint density at radius 2 is 2.06 bits per heavy atom. The summed E-state index contributed by atoms with van der Waals surface area (Å²) in [5.74, 6) is -0.602. The number of aryl methyl sites for hydroxylation is 1. The number of anilines is 1. The zero-order chi connectivity index (χ0) is 13.2. The maximum Gasteiger partial charge on any atom is 0.242 e. The number of carbonyl (C=O) groups excluding carboxylic acids is 1. The first kappa shape index (κ1) is 13.0. The molecule has 1 amide bonds. The number of fused-ring (bicyclic) bond motifs is 1. The van der Waals surface area contributed by atoms with E-state index < -0.39 is 21.0 Å². The van der Waals surface area contributed by atoms with E-state index in [1.54, 1.807) is 6.07 Å². The highest BCUT2D eigenvalue weighted by molar-refractivity contribution is 7.92. The Bertz CT molecular complexity index is 554. The van der Waals surface area contributed by atoms with Crippen molar-refractivity contribution < 1.29 is 13.2 Å². The minimum absolute atomic E-state index is 0.0407. The van der Waals surface area contributed by atoms with Crippen molar-refractivity contribution >= 4 is 21.4 Å². The van der Waals surface area contributed by atoms with Crippen LogP contribution in [0.15, 0.2) is 24.3 Å². The standard InChI is InChI=1S/C12H16N2O3S/c13-7-8-18(16,17)11-6-5-9-3-1-2-4-10(9)14-12(11)15/h1-4,11H,5-8,13H2,(H,14,15). The first-order valence-corrected chi connectivity index (χ1v) is 7.56. The van der Waals surface area contributed by atoms with Crippen LogP contribution in [0.3, 0.4) is 0 Å². The molecule has 0 radical (unpaired) electrons. The first-order chi connectivity index (χ1) is 8.54. The van der Waals surface area contributed by atoms with E-state index in [2.05, 4.69) is 5.32 Å². The fourth-order valence-electron chi connectivity index (χ4n) is 2.14. The molecule has 6 heteroatoms. The van der Waals surface area contributed by atoms with Gasteiger partial charge in [0.15, 0.2) is 9.84 Å². The molecule has 0 aromatic heterocycles. The van der Waals surface area contributed by atoms with Crippen molar-refractivity contribution in [3.63, 3.8) is 0 Å². The van der Waals surface area contributed by atoms with Gasteiger partial charge in [0.25, 0.3) is 0 Å². The highest BCUT2D eigenvalue weighted by atomic mass is 32.2. The summed E-state index contributed by atoms with van der Waals surface area (Å²) < 4.78 is 23.9. The zero-order valence-electron chi connectivity index (χ0n) is 9.93. The molecule has 0 fully saturated rings. The fraction of sp³-hybridized carbons (Fsp3) is 0.417. The van der Waals surface area contributed by atoms with Crippen molar-refractivity contribution in [3.8, 4) is 0 Å². The van der Waals surface area contributed by atoms with Gasteiger partial charge in [-0.2, -0.15) is 0 Å². The maximum atomic E-state index is 12.0. The summed E-state index contributed by atoms with van der Waals surface area (Å²) in [6.07, 6.45) is 0.883. The largest absolute Gasteiger partial charge is 0.329 e. The average molecular weight is 268 g/mol. The van der Waals surface area contributed by atoms with Crippen molar-refractivity contribution in [2.75, 3.05) is 17.6 Å². The molecule has 5 nitrogen and oxygen atoms in total. The van der Waals surface area contributed by atoms with E-state index in [1.807, 2.05) is 18.2 Å². The van der Waals surface area contributed by atoms with Crippen LogP contribution in [-0.2, 0) is 21.1 Å². The normalized spacial score (nSPS) is 19.8. The summed E-state index contributed by atoms with van der Waals surface area (Å²) in [4.78, 5) is 12.0. The molecule has 0 saturated heterocycles. The van der Waals surface area contributed by atoms with Gasteiger partial charge in [0.05, 0.1) is 5.75 Å². The molecule has 0 aliphatic carbocycles. The SMILES string of the molecule is NCCS(=O)(=O)C1CCc2ccccc2NC1=O. The highest BCUT2D eigenvalue weighted by Crippen LogP contribution is 2.24. The lowest BCUT2D eigenvalue weighted by Gasteiger charge is -2.13. The Balaban J connectivity index is 2.28. The highest BCUT2D eigenvalue weighted by Gasteiger charge is 2.33. The number of rotatable bonds is 3. The summed E-state index contributed by atoms with van der Waals surface area (Å²) in [5.41, 5.74) is 6.95. The van der Waals surface area contributed by atoms with Gasteiger partial charge in [0.1, 0.15) is 5.25 Å². The van der Waals surface area contributed by atoms with Gasteiger partial charge < -0.3 is 11.1 Å². The Morgan fingerprint density at radius 1 is 1.33 bits per heavy atom. The molecular formula is C12H16N2O3S. The van der Waals surface area contributed by atoms with Crippen LogP contribution in [0.25, 0.3) is 0 Å². The van der Waals surface area contributed by atoms with Crippen molar-refractivity contribution in [1.29, 1.82) is 0 Å². The molecule has 1 heterocycles. The van der Waals surface area contributed by atoms with Gasteiger partial charge in [-0.25, -0.2) is 8.42 Å². The summed E-state index contributed by atoms with van der Waals surface area (Å²) in [6.45, 7) is 0.0407. The third-order valence-electron chi connectivity index (χ3n) is 3.08. The maximum absolute atomic E-state index is 12.0. The van der Waals surface area contributed by atoms with Crippen LogP contribution in [-0.4, -0.2) is 31.9 Å². The molecule has 3 N–H and O–H groups in total. The monoisotopic (exact) mass is 268 g/mol. The molecule has 1 aliphatic heterocycles. The van der Waals surface area contributed by atoms with Crippen LogP contribution in [0, 0.1) is 0 Å². The molecule has 18 heavy (non-hydrogen) atoms. The third kappa shape index (κ3) is 2.54. The Hall–Kier alpha value is -1.40. The van der Waals surface area contributed by atoms with Gasteiger partial charge >= 0.3 is 0 Å². The quantitative estimate of drug-likeness (QED) is 0.826. The molecule has 1 aromatic rings. The lowest BCUT2D eigenvalue weighted by atomic mass is 10.1. The molecule has 0 bridgehead atoms. The van der Waals surface area contributed by atoms with Crippen molar-refractivity contribution in [2.24, 2.45) is 5.73 Å². The van der Waals surface area contributed by atoms with E-state index in [-0.39, 0.29) is 12.3 Å². The minimum Gasteiger partial charge on any atom is -0.329 e. The van der Waals surface area contributed by atoms with Crippen LogP contribution >= 0.6 is 0 Å². The molecule has 98 valence electrons. The van der Waals surface area contributed by atoms with Crippen LogP contribution < -0.4 is 11.1 Å².